The number of halogens is 1. The molecular weight excluding hydrogens is 254 g/mol. The van der Waals surface area contributed by atoms with Crippen LogP contribution in [0.25, 0.3) is 0 Å². The molecule has 1 aliphatic carbocycles. The van der Waals surface area contributed by atoms with Crippen LogP contribution in [-0.4, -0.2) is 19.7 Å². The number of hydrogen-bond donors (Lipinski definition) is 1. The Morgan fingerprint density at radius 2 is 2.27 bits per heavy atom. The van der Waals surface area contributed by atoms with E-state index in [0.717, 1.165) is 29.2 Å². The van der Waals surface area contributed by atoms with E-state index < -0.39 is 0 Å². The van der Waals surface area contributed by atoms with Crippen LogP contribution in [0.5, 0.6) is 5.75 Å². The Hall–Kier alpha value is -0.540. The van der Waals surface area contributed by atoms with Gasteiger partial charge in [-0.1, -0.05) is 15.9 Å². The predicted molar refractivity (Wildman–Crippen MR) is 65.4 cm³/mol. The normalized spacial score (nSPS) is 15.3. The highest BCUT2D eigenvalue weighted by molar-refractivity contribution is 9.10. The van der Waals surface area contributed by atoms with E-state index in [1.165, 1.54) is 18.4 Å². The lowest BCUT2D eigenvalue weighted by Gasteiger charge is -2.09. The summed E-state index contributed by atoms with van der Waals surface area (Å²) in [6.45, 7) is 1.04. The summed E-state index contributed by atoms with van der Waals surface area (Å²) in [6.07, 6.45) is 3.71. The second-order valence-corrected chi connectivity index (χ2v) is 4.85. The molecule has 0 unspecified atom stereocenters. The van der Waals surface area contributed by atoms with Crippen LogP contribution in [-0.2, 0) is 6.42 Å². The minimum absolute atomic E-state index is 0.781. The van der Waals surface area contributed by atoms with Gasteiger partial charge in [-0.2, -0.15) is 0 Å². The molecular formula is C12H16BrNO. The molecule has 1 saturated carbocycles. The minimum Gasteiger partial charge on any atom is -0.496 e. The van der Waals surface area contributed by atoms with Crippen LogP contribution in [0, 0.1) is 0 Å². The van der Waals surface area contributed by atoms with Gasteiger partial charge in [-0.15, -0.1) is 0 Å². The summed E-state index contributed by atoms with van der Waals surface area (Å²) in [7, 11) is 1.72. The van der Waals surface area contributed by atoms with Crippen molar-refractivity contribution in [2.45, 2.75) is 25.3 Å². The first-order valence-corrected chi connectivity index (χ1v) is 6.14. The Balaban J connectivity index is 1.94. The topological polar surface area (TPSA) is 21.3 Å². The zero-order valence-electron chi connectivity index (χ0n) is 8.92. The molecule has 0 bridgehead atoms. The zero-order chi connectivity index (χ0) is 10.7. The molecule has 1 fully saturated rings. The van der Waals surface area contributed by atoms with Crippen LogP contribution in [0.4, 0.5) is 0 Å². The fourth-order valence-electron chi connectivity index (χ4n) is 1.64. The summed E-state index contributed by atoms with van der Waals surface area (Å²) in [5, 5.41) is 3.50. The Bertz CT molecular complexity index is 336. The average molecular weight is 270 g/mol. The highest BCUT2D eigenvalue weighted by atomic mass is 79.9. The molecule has 0 atom stereocenters. The van der Waals surface area contributed by atoms with Crippen molar-refractivity contribution in [3.63, 3.8) is 0 Å². The molecule has 1 aromatic carbocycles. The Labute approximate surface area is 99.1 Å². The molecule has 2 nitrogen and oxygen atoms in total. The molecule has 1 aromatic rings. The van der Waals surface area contributed by atoms with E-state index in [-0.39, 0.29) is 0 Å². The molecule has 0 radical (unpaired) electrons. The van der Waals surface area contributed by atoms with E-state index in [0.29, 0.717) is 0 Å². The largest absolute Gasteiger partial charge is 0.496 e. The molecule has 0 heterocycles. The highest BCUT2D eigenvalue weighted by Crippen LogP contribution is 2.24. The number of hydrogen-bond acceptors (Lipinski definition) is 2. The third kappa shape index (κ3) is 3.21. The average Bonchev–Trinajstić information content (AvgIpc) is 3.02. The maximum Gasteiger partial charge on any atom is 0.122 e. The van der Waals surface area contributed by atoms with Gasteiger partial charge in [0, 0.05) is 10.5 Å². The van der Waals surface area contributed by atoms with Crippen LogP contribution in [0.1, 0.15) is 18.4 Å². The lowest BCUT2D eigenvalue weighted by atomic mass is 10.1. The monoisotopic (exact) mass is 269 g/mol. The van der Waals surface area contributed by atoms with E-state index in [2.05, 4.69) is 27.3 Å². The third-order valence-electron chi connectivity index (χ3n) is 2.65. The van der Waals surface area contributed by atoms with Crippen LogP contribution in [0.3, 0.4) is 0 Å². The number of methoxy groups -OCH3 is 1. The minimum atomic E-state index is 0.781. The Morgan fingerprint density at radius 3 is 2.93 bits per heavy atom. The van der Waals surface area contributed by atoms with Crippen molar-refractivity contribution in [3.05, 3.63) is 28.2 Å². The Morgan fingerprint density at radius 1 is 1.47 bits per heavy atom. The molecule has 82 valence electrons. The van der Waals surface area contributed by atoms with Crippen molar-refractivity contribution in [1.29, 1.82) is 0 Å². The van der Waals surface area contributed by atoms with Crippen molar-refractivity contribution < 1.29 is 4.74 Å². The van der Waals surface area contributed by atoms with Crippen molar-refractivity contribution in [1.82, 2.24) is 5.32 Å². The second kappa shape index (κ2) is 4.99. The number of nitrogens with one attached hydrogen (secondary N) is 1. The van der Waals surface area contributed by atoms with Gasteiger partial charge in [0.15, 0.2) is 0 Å². The van der Waals surface area contributed by atoms with Gasteiger partial charge in [0.1, 0.15) is 5.75 Å². The Kier molecular flexibility index (Phi) is 3.65. The molecule has 0 amide bonds. The van der Waals surface area contributed by atoms with Crippen LogP contribution in [0.15, 0.2) is 22.7 Å². The SMILES string of the molecule is COc1ccc(Br)cc1CCNC1CC1. The molecule has 0 spiro atoms. The smallest absolute Gasteiger partial charge is 0.122 e. The fraction of sp³-hybridized carbons (Fsp3) is 0.500. The lowest BCUT2D eigenvalue weighted by Crippen LogP contribution is -2.19. The van der Waals surface area contributed by atoms with E-state index in [4.69, 9.17) is 4.74 Å². The molecule has 0 aromatic heterocycles. The highest BCUT2D eigenvalue weighted by Gasteiger charge is 2.19. The molecule has 2 rings (SSSR count). The van der Waals surface area contributed by atoms with Crippen LogP contribution in [0.2, 0.25) is 0 Å². The van der Waals surface area contributed by atoms with E-state index in [1.807, 2.05) is 12.1 Å². The van der Waals surface area contributed by atoms with Gasteiger partial charge in [-0.05, 0) is 49.6 Å². The quantitative estimate of drug-likeness (QED) is 0.888. The maximum atomic E-state index is 5.32. The van der Waals surface area contributed by atoms with E-state index in [1.54, 1.807) is 7.11 Å². The number of rotatable bonds is 5. The molecule has 1 aliphatic rings. The number of ether oxygens (including phenoxy) is 1. The van der Waals surface area contributed by atoms with Gasteiger partial charge >= 0.3 is 0 Å². The van der Waals surface area contributed by atoms with Gasteiger partial charge in [-0.3, -0.25) is 0 Å². The summed E-state index contributed by atoms with van der Waals surface area (Å²) in [4.78, 5) is 0. The van der Waals surface area contributed by atoms with E-state index >= 15 is 0 Å². The summed E-state index contributed by atoms with van der Waals surface area (Å²) < 4.78 is 6.44. The van der Waals surface area contributed by atoms with Crippen molar-refractivity contribution in [2.75, 3.05) is 13.7 Å². The van der Waals surface area contributed by atoms with Gasteiger partial charge in [0.05, 0.1) is 7.11 Å². The van der Waals surface area contributed by atoms with Crippen molar-refractivity contribution in [2.24, 2.45) is 0 Å². The maximum absolute atomic E-state index is 5.32. The summed E-state index contributed by atoms with van der Waals surface area (Å²) in [6, 6.07) is 6.93. The summed E-state index contributed by atoms with van der Waals surface area (Å²) in [5.74, 6) is 0.982. The van der Waals surface area contributed by atoms with Gasteiger partial charge in [0.25, 0.3) is 0 Å². The van der Waals surface area contributed by atoms with Gasteiger partial charge < -0.3 is 10.1 Å². The molecule has 0 aliphatic heterocycles. The predicted octanol–water partition coefficient (Wildman–Crippen LogP) is 2.75. The first-order valence-electron chi connectivity index (χ1n) is 5.35. The zero-order valence-corrected chi connectivity index (χ0v) is 10.5. The molecule has 15 heavy (non-hydrogen) atoms. The second-order valence-electron chi connectivity index (χ2n) is 3.93. The first-order chi connectivity index (χ1) is 7.29. The van der Waals surface area contributed by atoms with Crippen LogP contribution >= 0.6 is 15.9 Å². The van der Waals surface area contributed by atoms with Gasteiger partial charge in [0.2, 0.25) is 0 Å². The lowest BCUT2D eigenvalue weighted by molar-refractivity contribution is 0.409. The van der Waals surface area contributed by atoms with Crippen molar-refractivity contribution >= 4 is 15.9 Å². The molecule has 1 N–H and O–H groups in total. The van der Waals surface area contributed by atoms with Gasteiger partial charge in [-0.25, -0.2) is 0 Å². The third-order valence-corrected chi connectivity index (χ3v) is 3.14. The summed E-state index contributed by atoms with van der Waals surface area (Å²) in [5.41, 5.74) is 1.26. The molecule has 0 saturated heterocycles. The molecule has 3 heteroatoms. The first kappa shape index (κ1) is 11.0. The summed E-state index contributed by atoms with van der Waals surface area (Å²) >= 11 is 3.48. The van der Waals surface area contributed by atoms with Crippen LogP contribution < -0.4 is 10.1 Å². The fourth-order valence-corrected chi connectivity index (χ4v) is 2.05. The van der Waals surface area contributed by atoms with Crippen molar-refractivity contribution in [3.8, 4) is 5.75 Å². The van der Waals surface area contributed by atoms with E-state index in [9.17, 15) is 0 Å². The standard InChI is InChI=1S/C12H16BrNO/c1-15-12-5-2-10(13)8-9(12)6-7-14-11-3-4-11/h2,5,8,11,14H,3-4,6-7H2,1H3. The number of benzene rings is 1.